The van der Waals surface area contributed by atoms with Crippen molar-refractivity contribution in [1.82, 2.24) is 0 Å². The Morgan fingerprint density at radius 2 is 1.86 bits per heavy atom. The highest BCUT2D eigenvalue weighted by Crippen LogP contribution is 2.35. The monoisotopic (exact) mass is 194 g/mol. The molecule has 3 heteroatoms. The van der Waals surface area contributed by atoms with Crippen molar-refractivity contribution in [3.63, 3.8) is 0 Å². The van der Waals surface area contributed by atoms with E-state index in [-0.39, 0.29) is 0 Å². The van der Waals surface area contributed by atoms with Crippen LogP contribution in [0.5, 0.6) is 17.2 Å². The van der Waals surface area contributed by atoms with Gasteiger partial charge in [0, 0.05) is 6.07 Å². The summed E-state index contributed by atoms with van der Waals surface area (Å²) in [7, 11) is 3.27. The second kappa shape index (κ2) is 3.78. The minimum Gasteiger partial charge on any atom is -0.497 e. The molecule has 1 aromatic rings. The normalized spacial score (nSPS) is 15.0. The molecule has 0 saturated heterocycles. The largest absolute Gasteiger partial charge is 0.497 e. The van der Waals surface area contributed by atoms with Gasteiger partial charge in [0.1, 0.15) is 5.75 Å². The Bertz CT molecular complexity index is 318. The van der Waals surface area contributed by atoms with E-state index < -0.39 is 0 Å². The van der Waals surface area contributed by atoms with Gasteiger partial charge >= 0.3 is 0 Å². The van der Waals surface area contributed by atoms with E-state index in [2.05, 4.69) is 0 Å². The number of benzene rings is 1. The SMILES string of the molecule is COc1ccc(OC2CC2)c(OC)c1. The maximum atomic E-state index is 5.67. The Labute approximate surface area is 83.6 Å². The fourth-order valence-corrected chi connectivity index (χ4v) is 1.24. The second-order valence-electron chi connectivity index (χ2n) is 3.33. The molecular weight excluding hydrogens is 180 g/mol. The molecule has 0 unspecified atom stereocenters. The standard InChI is InChI=1S/C11H14O3/c1-12-9-5-6-10(11(7-9)13-2)14-8-3-4-8/h5-8H,3-4H2,1-2H3. The van der Waals surface area contributed by atoms with E-state index in [1.54, 1.807) is 14.2 Å². The predicted octanol–water partition coefficient (Wildman–Crippen LogP) is 2.25. The van der Waals surface area contributed by atoms with Crippen LogP contribution in [0.2, 0.25) is 0 Å². The molecule has 1 fully saturated rings. The fraction of sp³-hybridized carbons (Fsp3) is 0.455. The molecule has 14 heavy (non-hydrogen) atoms. The zero-order chi connectivity index (χ0) is 9.97. The van der Waals surface area contributed by atoms with Gasteiger partial charge in [0.25, 0.3) is 0 Å². The van der Waals surface area contributed by atoms with Gasteiger partial charge in [0.2, 0.25) is 0 Å². The average molecular weight is 194 g/mol. The lowest BCUT2D eigenvalue weighted by atomic mass is 10.3. The van der Waals surface area contributed by atoms with E-state index in [9.17, 15) is 0 Å². The summed E-state index contributed by atoms with van der Waals surface area (Å²) in [5, 5.41) is 0. The van der Waals surface area contributed by atoms with Crippen LogP contribution in [0.15, 0.2) is 18.2 Å². The van der Waals surface area contributed by atoms with Crippen molar-refractivity contribution >= 4 is 0 Å². The maximum Gasteiger partial charge on any atom is 0.164 e. The molecule has 3 nitrogen and oxygen atoms in total. The lowest BCUT2D eigenvalue weighted by Gasteiger charge is -2.10. The third-order valence-electron chi connectivity index (χ3n) is 2.19. The van der Waals surface area contributed by atoms with Crippen molar-refractivity contribution in [2.24, 2.45) is 0 Å². The van der Waals surface area contributed by atoms with Gasteiger partial charge in [-0.2, -0.15) is 0 Å². The van der Waals surface area contributed by atoms with E-state index in [0.717, 1.165) is 30.1 Å². The van der Waals surface area contributed by atoms with Crippen molar-refractivity contribution in [1.29, 1.82) is 0 Å². The van der Waals surface area contributed by atoms with Crippen LogP contribution in [-0.4, -0.2) is 20.3 Å². The average Bonchev–Trinajstić information content (AvgIpc) is 3.02. The highest BCUT2D eigenvalue weighted by molar-refractivity contribution is 5.45. The molecule has 0 radical (unpaired) electrons. The van der Waals surface area contributed by atoms with Gasteiger partial charge in [-0.1, -0.05) is 0 Å². The number of ether oxygens (including phenoxy) is 3. The summed E-state index contributed by atoms with van der Waals surface area (Å²) in [6.45, 7) is 0. The molecule has 0 heterocycles. The zero-order valence-corrected chi connectivity index (χ0v) is 8.45. The Morgan fingerprint density at radius 1 is 1.07 bits per heavy atom. The highest BCUT2D eigenvalue weighted by atomic mass is 16.5. The number of hydrogen-bond donors (Lipinski definition) is 0. The first-order valence-corrected chi connectivity index (χ1v) is 4.72. The van der Waals surface area contributed by atoms with Crippen molar-refractivity contribution < 1.29 is 14.2 Å². The lowest BCUT2D eigenvalue weighted by molar-refractivity contribution is 0.280. The van der Waals surface area contributed by atoms with Gasteiger partial charge in [-0.3, -0.25) is 0 Å². The lowest BCUT2D eigenvalue weighted by Crippen LogP contribution is -1.98. The Kier molecular flexibility index (Phi) is 2.48. The van der Waals surface area contributed by atoms with Crippen molar-refractivity contribution in [2.45, 2.75) is 18.9 Å². The quantitative estimate of drug-likeness (QED) is 0.735. The molecule has 1 aliphatic carbocycles. The Morgan fingerprint density at radius 3 is 2.43 bits per heavy atom. The van der Waals surface area contributed by atoms with Gasteiger partial charge in [-0.15, -0.1) is 0 Å². The minimum atomic E-state index is 0.386. The zero-order valence-electron chi connectivity index (χ0n) is 8.45. The summed E-state index contributed by atoms with van der Waals surface area (Å²) in [6, 6.07) is 5.59. The van der Waals surface area contributed by atoms with Crippen LogP contribution in [0.3, 0.4) is 0 Å². The molecule has 1 saturated carbocycles. The second-order valence-corrected chi connectivity index (χ2v) is 3.33. The van der Waals surface area contributed by atoms with Crippen molar-refractivity contribution in [3.8, 4) is 17.2 Å². The highest BCUT2D eigenvalue weighted by Gasteiger charge is 2.24. The van der Waals surface area contributed by atoms with Crippen molar-refractivity contribution in [2.75, 3.05) is 14.2 Å². The van der Waals surface area contributed by atoms with E-state index in [4.69, 9.17) is 14.2 Å². The molecule has 0 aliphatic heterocycles. The van der Waals surface area contributed by atoms with E-state index in [0.29, 0.717) is 6.10 Å². The van der Waals surface area contributed by atoms with Crippen LogP contribution in [-0.2, 0) is 0 Å². The van der Waals surface area contributed by atoms with Gasteiger partial charge in [-0.25, -0.2) is 0 Å². The molecular formula is C11H14O3. The molecule has 0 atom stereocenters. The van der Waals surface area contributed by atoms with Crippen LogP contribution < -0.4 is 14.2 Å². The Hall–Kier alpha value is -1.38. The number of rotatable bonds is 4. The van der Waals surface area contributed by atoms with Gasteiger partial charge in [0.15, 0.2) is 11.5 Å². The molecule has 0 bridgehead atoms. The molecule has 1 aromatic carbocycles. The summed E-state index contributed by atoms with van der Waals surface area (Å²) in [5.74, 6) is 2.32. The van der Waals surface area contributed by atoms with Crippen LogP contribution in [0.25, 0.3) is 0 Å². The van der Waals surface area contributed by atoms with E-state index in [1.165, 1.54) is 0 Å². The van der Waals surface area contributed by atoms with E-state index in [1.807, 2.05) is 18.2 Å². The Balaban J connectivity index is 2.19. The molecule has 76 valence electrons. The van der Waals surface area contributed by atoms with Crippen LogP contribution in [0.1, 0.15) is 12.8 Å². The molecule has 0 aromatic heterocycles. The van der Waals surface area contributed by atoms with Crippen LogP contribution in [0, 0.1) is 0 Å². The third-order valence-corrected chi connectivity index (χ3v) is 2.19. The summed E-state index contributed by atoms with van der Waals surface area (Å²) in [4.78, 5) is 0. The first-order chi connectivity index (χ1) is 6.83. The maximum absolute atomic E-state index is 5.67. The number of methoxy groups -OCH3 is 2. The van der Waals surface area contributed by atoms with Gasteiger partial charge < -0.3 is 14.2 Å². The molecule has 0 spiro atoms. The van der Waals surface area contributed by atoms with Gasteiger partial charge in [-0.05, 0) is 25.0 Å². The summed E-state index contributed by atoms with van der Waals surface area (Å²) in [5.41, 5.74) is 0. The molecule has 0 amide bonds. The molecule has 2 rings (SSSR count). The minimum absolute atomic E-state index is 0.386. The molecule has 1 aliphatic rings. The smallest absolute Gasteiger partial charge is 0.164 e. The van der Waals surface area contributed by atoms with Crippen LogP contribution in [0.4, 0.5) is 0 Å². The van der Waals surface area contributed by atoms with Gasteiger partial charge in [0.05, 0.1) is 20.3 Å². The predicted molar refractivity (Wildman–Crippen MR) is 53.2 cm³/mol. The van der Waals surface area contributed by atoms with Crippen molar-refractivity contribution in [3.05, 3.63) is 18.2 Å². The van der Waals surface area contributed by atoms with E-state index >= 15 is 0 Å². The third kappa shape index (κ3) is 1.92. The number of hydrogen-bond acceptors (Lipinski definition) is 3. The summed E-state index contributed by atoms with van der Waals surface area (Å²) in [6.07, 6.45) is 2.68. The first-order valence-electron chi connectivity index (χ1n) is 4.72. The fourth-order valence-electron chi connectivity index (χ4n) is 1.24. The summed E-state index contributed by atoms with van der Waals surface area (Å²) >= 11 is 0. The molecule has 0 N–H and O–H groups in total. The topological polar surface area (TPSA) is 27.7 Å². The van der Waals surface area contributed by atoms with Crippen LogP contribution >= 0.6 is 0 Å². The first kappa shape index (κ1) is 9.19. The summed E-state index contributed by atoms with van der Waals surface area (Å²) < 4.78 is 16.0.